The zero-order valence-electron chi connectivity index (χ0n) is 6.27. The zero-order chi connectivity index (χ0) is 8.97. The van der Waals surface area contributed by atoms with Crippen molar-refractivity contribution in [3.63, 3.8) is 0 Å². The van der Waals surface area contributed by atoms with E-state index in [9.17, 15) is 10.1 Å². The molecule has 0 N–H and O–H groups in total. The Kier molecular flexibility index (Phi) is 3.14. The Labute approximate surface area is 72.0 Å². The molecule has 5 heteroatoms. The summed E-state index contributed by atoms with van der Waals surface area (Å²) in [6.07, 6.45) is 0. The van der Waals surface area contributed by atoms with Crippen molar-refractivity contribution < 1.29 is 9.45 Å². The third kappa shape index (κ3) is 2.26. The number of rotatable bonds is 3. The average Bonchev–Trinajstić information content (AvgIpc) is 2.05. The molecule has 0 saturated carbocycles. The van der Waals surface area contributed by atoms with Crippen LogP contribution in [0.1, 0.15) is 5.56 Å². The van der Waals surface area contributed by atoms with Crippen LogP contribution >= 0.6 is 9.47 Å². The maximum absolute atomic E-state index is 10.3. The summed E-state index contributed by atoms with van der Waals surface area (Å²) in [5.74, 6) is 0. The van der Waals surface area contributed by atoms with Gasteiger partial charge in [0.05, 0.1) is 11.5 Å². The molecule has 1 rings (SSSR count). The van der Waals surface area contributed by atoms with Gasteiger partial charge in [-0.2, -0.15) is 0 Å². The van der Waals surface area contributed by atoms with E-state index in [0.29, 0.717) is 6.61 Å². The molecular formula is C7H8NO3P. The van der Waals surface area contributed by atoms with Gasteiger partial charge in [0, 0.05) is 21.6 Å². The van der Waals surface area contributed by atoms with E-state index in [1.54, 1.807) is 12.1 Å². The van der Waals surface area contributed by atoms with Crippen molar-refractivity contribution in [2.45, 2.75) is 6.61 Å². The summed E-state index contributed by atoms with van der Waals surface area (Å²) in [6, 6.07) is 6.35. The Hall–Kier alpha value is -0.990. The lowest BCUT2D eigenvalue weighted by Crippen LogP contribution is -1.90. The van der Waals surface area contributed by atoms with Crippen LogP contribution in [0.15, 0.2) is 24.3 Å². The van der Waals surface area contributed by atoms with Crippen LogP contribution in [0, 0.1) is 10.1 Å². The third-order valence-corrected chi connectivity index (χ3v) is 1.54. The molecule has 0 fully saturated rings. The predicted octanol–water partition coefficient (Wildman–Crippen LogP) is 1.90. The van der Waals surface area contributed by atoms with E-state index in [0.717, 1.165) is 5.56 Å². The van der Waals surface area contributed by atoms with E-state index in [2.05, 4.69) is 9.47 Å². The summed E-state index contributed by atoms with van der Waals surface area (Å²) in [5, 5.41) is 10.3. The number of benzene rings is 1. The lowest BCUT2D eigenvalue weighted by molar-refractivity contribution is -0.384. The molecule has 1 aromatic carbocycles. The van der Waals surface area contributed by atoms with Crippen molar-refractivity contribution in [1.29, 1.82) is 0 Å². The van der Waals surface area contributed by atoms with Crippen LogP contribution < -0.4 is 0 Å². The molecule has 1 atom stereocenters. The summed E-state index contributed by atoms with van der Waals surface area (Å²) in [5.41, 5.74) is 0.883. The van der Waals surface area contributed by atoms with Crippen LogP contribution in [0.2, 0.25) is 0 Å². The second kappa shape index (κ2) is 4.14. The Balaban J connectivity index is 2.88. The monoisotopic (exact) mass is 185 g/mol. The molecule has 0 bridgehead atoms. The number of nitro benzene ring substituents is 1. The highest BCUT2D eigenvalue weighted by atomic mass is 31.0. The first kappa shape index (κ1) is 9.10. The maximum atomic E-state index is 10.3. The van der Waals surface area contributed by atoms with Gasteiger partial charge < -0.3 is 4.52 Å². The summed E-state index contributed by atoms with van der Waals surface area (Å²) < 4.78 is 4.76. The molecule has 1 aromatic rings. The molecule has 64 valence electrons. The molecule has 0 spiro atoms. The number of hydrogen-bond donors (Lipinski definition) is 0. The van der Waals surface area contributed by atoms with Crippen LogP contribution in [-0.2, 0) is 11.1 Å². The van der Waals surface area contributed by atoms with Crippen LogP contribution in [-0.4, -0.2) is 4.92 Å². The molecule has 0 aliphatic carbocycles. The number of hydrogen-bond acceptors (Lipinski definition) is 3. The summed E-state index contributed by atoms with van der Waals surface area (Å²) in [7, 11) is 2.10. The maximum Gasteiger partial charge on any atom is 0.269 e. The van der Waals surface area contributed by atoms with Gasteiger partial charge in [0.15, 0.2) is 0 Å². The van der Waals surface area contributed by atoms with Gasteiger partial charge in [0.25, 0.3) is 5.69 Å². The largest absolute Gasteiger partial charge is 0.361 e. The van der Waals surface area contributed by atoms with Crippen LogP contribution in [0.25, 0.3) is 0 Å². The Morgan fingerprint density at radius 2 is 2.33 bits per heavy atom. The van der Waals surface area contributed by atoms with Crippen molar-refractivity contribution in [2.75, 3.05) is 0 Å². The van der Waals surface area contributed by atoms with Crippen molar-refractivity contribution >= 4 is 15.2 Å². The lowest BCUT2D eigenvalue weighted by atomic mass is 10.2. The van der Waals surface area contributed by atoms with Crippen LogP contribution in [0.5, 0.6) is 0 Å². The molecule has 1 unspecified atom stereocenters. The van der Waals surface area contributed by atoms with Gasteiger partial charge >= 0.3 is 0 Å². The van der Waals surface area contributed by atoms with Gasteiger partial charge in [-0.3, -0.25) is 10.1 Å². The summed E-state index contributed by atoms with van der Waals surface area (Å²) in [4.78, 5) is 9.89. The Morgan fingerprint density at radius 3 is 2.92 bits per heavy atom. The molecule has 4 nitrogen and oxygen atoms in total. The molecule has 12 heavy (non-hydrogen) atoms. The normalized spacial score (nSPS) is 9.75. The highest BCUT2D eigenvalue weighted by molar-refractivity contribution is 7.09. The second-order valence-electron chi connectivity index (χ2n) is 2.24. The van der Waals surface area contributed by atoms with E-state index < -0.39 is 4.92 Å². The van der Waals surface area contributed by atoms with Gasteiger partial charge in [-0.15, -0.1) is 0 Å². The molecule has 0 aliphatic rings. The summed E-state index contributed by atoms with van der Waals surface area (Å²) >= 11 is 0. The Bertz CT molecular complexity index is 290. The molecule has 0 radical (unpaired) electrons. The summed E-state index contributed by atoms with van der Waals surface area (Å²) in [6.45, 7) is 0.367. The second-order valence-corrected chi connectivity index (χ2v) is 2.57. The Morgan fingerprint density at radius 1 is 1.58 bits per heavy atom. The van der Waals surface area contributed by atoms with Gasteiger partial charge in [-0.1, -0.05) is 12.1 Å². The fourth-order valence-electron chi connectivity index (χ4n) is 0.856. The number of non-ortho nitro benzene ring substituents is 1. The molecule has 0 heterocycles. The average molecular weight is 185 g/mol. The fraction of sp³-hybridized carbons (Fsp3) is 0.143. The molecule has 0 aromatic heterocycles. The molecule has 0 amide bonds. The minimum absolute atomic E-state index is 0.0922. The van der Waals surface area contributed by atoms with E-state index >= 15 is 0 Å². The first-order valence-corrected chi connectivity index (χ1v) is 3.76. The van der Waals surface area contributed by atoms with E-state index in [-0.39, 0.29) is 5.69 Å². The highest BCUT2D eigenvalue weighted by Gasteiger charge is 2.04. The van der Waals surface area contributed by atoms with Crippen molar-refractivity contribution in [3.8, 4) is 0 Å². The first-order chi connectivity index (χ1) is 5.74. The zero-order valence-corrected chi connectivity index (χ0v) is 7.42. The van der Waals surface area contributed by atoms with Crippen molar-refractivity contribution in [2.24, 2.45) is 0 Å². The minimum atomic E-state index is -0.424. The van der Waals surface area contributed by atoms with Crippen LogP contribution in [0.3, 0.4) is 0 Å². The van der Waals surface area contributed by atoms with E-state index in [1.165, 1.54) is 12.1 Å². The van der Waals surface area contributed by atoms with Gasteiger partial charge in [0.2, 0.25) is 0 Å². The van der Waals surface area contributed by atoms with Gasteiger partial charge in [-0.25, -0.2) is 0 Å². The van der Waals surface area contributed by atoms with Gasteiger partial charge in [0.1, 0.15) is 0 Å². The smallest absolute Gasteiger partial charge is 0.269 e. The lowest BCUT2D eigenvalue weighted by Gasteiger charge is -1.97. The minimum Gasteiger partial charge on any atom is -0.361 e. The predicted molar refractivity (Wildman–Crippen MR) is 47.6 cm³/mol. The molecule has 0 aliphatic heterocycles. The highest BCUT2D eigenvalue weighted by Crippen LogP contribution is 2.14. The van der Waals surface area contributed by atoms with Crippen LogP contribution in [0.4, 0.5) is 5.69 Å². The van der Waals surface area contributed by atoms with E-state index in [1.807, 2.05) is 0 Å². The number of nitro groups is 1. The number of nitrogens with zero attached hydrogens (tertiary/aromatic N) is 1. The van der Waals surface area contributed by atoms with Gasteiger partial charge in [-0.05, 0) is 5.56 Å². The fourth-order valence-corrected chi connectivity index (χ4v) is 1.05. The standard InChI is InChI=1S/C7H8NO3P/c9-8(10)7-3-1-2-6(4-7)5-11-12/h1-4H,5,12H2. The topological polar surface area (TPSA) is 52.4 Å². The quantitative estimate of drug-likeness (QED) is 0.410. The SMILES string of the molecule is O=[N+]([O-])c1cccc(COP)c1. The van der Waals surface area contributed by atoms with Crippen molar-refractivity contribution in [3.05, 3.63) is 39.9 Å². The molecular weight excluding hydrogens is 177 g/mol. The van der Waals surface area contributed by atoms with E-state index in [4.69, 9.17) is 4.52 Å². The third-order valence-electron chi connectivity index (χ3n) is 1.37. The van der Waals surface area contributed by atoms with Crippen molar-refractivity contribution in [1.82, 2.24) is 0 Å². The first-order valence-electron chi connectivity index (χ1n) is 3.29. The molecule has 0 saturated heterocycles.